The van der Waals surface area contributed by atoms with E-state index in [2.05, 4.69) is 17.6 Å². The zero-order valence-corrected chi connectivity index (χ0v) is 18.6. The van der Waals surface area contributed by atoms with Gasteiger partial charge in [0.05, 0.1) is 11.7 Å². The first-order valence-corrected chi connectivity index (χ1v) is 10.8. The predicted octanol–water partition coefficient (Wildman–Crippen LogP) is 6.15. The van der Waals surface area contributed by atoms with Crippen LogP contribution in [0.3, 0.4) is 0 Å². The van der Waals surface area contributed by atoms with Crippen molar-refractivity contribution in [3.8, 4) is 0 Å². The summed E-state index contributed by atoms with van der Waals surface area (Å²) in [5.74, 6) is -1.85. The fourth-order valence-electron chi connectivity index (χ4n) is 3.43. The van der Waals surface area contributed by atoms with E-state index in [-0.39, 0.29) is 30.6 Å². The van der Waals surface area contributed by atoms with Gasteiger partial charge >= 0.3 is 6.03 Å². The summed E-state index contributed by atoms with van der Waals surface area (Å²) < 4.78 is 27.3. The van der Waals surface area contributed by atoms with Crippen LogP contribution >= 0.6 is 0 Å². The monoisotopic (exact) mass is 451 g/mol. The highest BCUT2D eigenvalue weighted by molar-refractivity contribution is 5.92. The molecule has 0 fully saturated rings. The highest BCUT2D eigenvalue weighted by Gasteiger charge is 2.23. The van der Waals surface area contributed by atoms with Crippen LogP contribution in [-0.4, -0.2) is 23.4 Å². The van der Waals surface area contributed by atoms with E-state index in [1.165, 1.54) is 16.5 Å². The Bertz CT molecular complexity index is 1090. The van der Waals surface area contributed by atoms with E-state index in [1.807, 2.05) is 61.5 Å². The van der Waals surface area contributed by atoms with Gasteiger partial charge in [0.25, 0.3) is 0 Å². The fraction of sp³-hybridized carbons (Fsp3) is 0.231. The third-order valence-corrected chi connectivity index (χ3v) is 5.41. The van der Waals surface area contributed by atoms with E-state index in [9.17, 15) is 18.4 Å². The maximum Gasteiger partial charge on any atom is 0.322 e. The van der Waals surface area contributed by atoms with Crippen molar-refractivity contribution in [1.29, 1.82) is 0 Å². The molecule has 0 aliphatic rings. The average Bonchev–Trinajstić information content (AvgIpc) is 2.82. The lowest BCUT2D eigenvalue weighted by Crippen LogP contribution is -2.39. The van der Waals surface area contributed by atoms with E-state index in [4.69, 9.17) is 0 Å². The summed E-state index contributed by atoms with van der Waals surface area (Å²) >= 11 is 0. The minimum atomic E-state index is -0.871. The number of benzene rings is 3. The molecule has 1 atom stereocenters. The number of carbonyl (C=O) groups is 2. The molecule has 3 aromatic carbocycles. The van der Waals surface area contributed by atoms with Crippen LogP contribution in [0.25, 0.3) is 0 Å². The van der Waals surface area contributed by atoms with Crippen LogP contribution < -0.4 is 10.6 Å². The number of nitrogens with one attached hydrogen (secondary N) is 2. The lowest BCUT2D eigenvalue weighted by atomic mass is 10.1. The van der Waals surface area contributed by atoms with Gasteiger partial charge < -0.3 is 15.5 Å². The standard InChI is InChI=1S/C26H27F2N3O2/c1-3-19-9-12-22(13-10-19)29-25(32)15-16-31(18(2)20-7-5-4-6-8-20)26(33)30-24-14-11-21(27)17-23(24)28/h4-14,17-18H,3,15-16H2,1-2H3,(H,29,32)(H,30,33). The Balaban J connectivity index is 1.72. The smallest absolute Gasteiger partial charge is 0.322 e. The Morgan fingerprint density at radius 3 is 2.27 bits per heavy atom. The van der Waals surface area contributed by atoms with Gasteiger partial charge in [-0.1, -0.05) is 49.4 Å². The van der Waals surface area contributed by atoms with Gasteiger partial charge in [-0.25, -0.2) is 13.6 Å². The Labute approximate surface area is 192 Å². The summed E-state index contributed by atoms with van der Waals surface area (Å²) in [6.07, 6.45) is 0.955. The maximum atomic E-state index is 14.1. The summed E-state index contributed by atoms with van der Waals surface area (Å²) in [6, 6.07) is 18.9. The largest absolute Gasteiger partial charge is 0.326 e. The molecule has 172 valence electrons. The van der Waals surface area contributed by atoms with Gasteiger partial charge in [-0.2, -0.15) is 0 Å². The van der Waals surface area contributed by atoms with E-state index in [0.29, 0.717) is 11.8 Å². The van der Waals surface area contributed by atoms with E-state index < -0.39 is 17.7 Å². The second kappa shape index (κ2) is 11.2. The van der Waals surface area contributed by atoms with Crippen LogP contribution in [-0.2, 0) is 11.2 Å². The van der Waals surface area contributed by atoms with Gasteiger partial charge in [-0.05, 0) is 48.7 Å². The van der Waals surface area contributed by atoms with Gasteiger partial charge in [-0.15, -0.1) is 0 Å². The molecule has 1 unspecified atom stereocenters. The van der Waals surface area contributed by atoms with Crippen molar-refractivity contribution in [3.63, 3.8) is 0 Å². The Hall–Kier alpha value is -3.74. The second-order valence-corrected chi connectivity index (χ2v) is 7.68. The molecule has 2 N–H and O–H groups in total. The predicted molar refractivity (Wildman–Crippen MR) is 126 cm³/mol. The van der Waals surface area contributed by atoms with Crippen molar-refractivity contribution in [2.24, 2.45) is 0 Å². The van der Waals surface area contributed by atoms with Crippen molar-refractivity contribution in [2.45, 2.75) is 32.7 Å². The highest BCUT2D eigenvalue weighted by atomic mass is 19.1. The number of hydrogen-bond donors (Lipinski definition) is 2. The Morgan fingerprint density at radius 2 is 1.64 bits per heavy atom. The topological polar surface area (TPSA) is 61.4 Å². The van der Waals surface area contributed by atoms with E-state index >= 15 is 0 Å². The number of nitrogens with zero attached hydrogens (tertiary/aromatic N) is 1. The summed E-state index contributed by atoms with van der Waals surface area (Å²) in [5.41, 5.74) is 2.58. The van der Waals surface area contributed by atoms with Crippen LogP contribution in [0.1, 0.15) is 37.4 Å². The van der Waals surface area contributed by atoms with Crippen LogP contribution in [0.5, 0.6) is 0 Å². The van der Waals surface area contributed by atoms with Gasteiger partial charge in [0.2, 0.25) is 5.91 Å². The maximum absolute atomic E-state index is 14.1. The van der Waals surface area contributed by atoms with Crippen LogP contribution in [0.2, 0.25) is 0 Å². The van der Waals surface area contributed by atoms with Gasteiger partial charge in [0, 0.05) is 24.7 Å². The Kier molecular flexibility index (Phi) is 8.13. The Morgan fingerprint density at radius 1 is 0.939 bits per heavy atom. The molecule has 0 aliphatic heterocycles. The molecule has 3 amide bonds. The molecular weight excluding hydrogens is 424 g/mol. The van der Waals surface area contributed by atoms with Crippen LogP contribution in [0, 0.1) is 11.6 Å². The minimum absolute atomic E-state index is 0.0476. The number of anilines is 2. The molecule has 0 spiro atoms. The highest BCUT2D eigenvalue weighted by Crippen LogP contribution is 2.23. The van der Waals surface area contributed by atoms with Crippen molar-refractivity contribution < 1.29 is 18.4 Å². The molecule has 0 saturated carbocycles. The first-order valence-electron chi connectivity index (χ1n) is 10.8. The first-order chi connectivity index (χ1) is 15.9. The molecule has 0 bridgehead atoms. The summed E-state index contributed by atoms with van der Waals surface area (Å²) in [5, 5.41) is 5.32. The number of amides is 3. The molecule has 3 aromatic rings. The number of halogens is 2. The van der Waals surface area contributed by atoms with Crippen LogP contribution in [0.4, 0.5) is 25.0 Å². The molecule has 0 aromatic heterocycles. The van der Waals surface area contributed by atoms with Crippen LogP contribution in [0.15, 0.2) is 72.8 Å². The number of rotatable bonds is 8. The second-order valence-electron chi connectivity index (χ2n) is 7.68. The average molecular weight is 452 g/mol. The molecular formula is C26H27F2N3O2. The molecule has 0 saturated heterocycles. The molecule has 7 heteroatoms. The van der Waals surface area contributed by atoms with Crippen molar-refractivity contribution in [2.75, 3.05) is 17.2 Å². The summed E-state index contributed by atoms with van der Waals surface area (Å²) in [7, 11) is 0. The number of hydrogen-bond acceptors (Lipinski definition) is 2. The van der Waals surface area contributed by atoms with E-state index in [1.54, 1.807) is 0 Å². The molecule has 0 radical (unpaired) electrons. The summed E-state index contributed by atoms with van der Waals surface area (Å²) in [6.45, 7) is 3.99. The van der Waals surface area contributed by atoms with Crippen molar-refractivity contribution >= 4 is 23.3 Å². The van der Waals surface area contributed by atoms with Crippen molar-refractivity contribution in [1.82, 2.24) is 4.90 Å². The molecule has 33 heavy (non-hydrogen) atoms. The number of carbonyl (C=O) groups excluding carboxylic acids is 2. The summed E-state index contributed by atoms with van der Waals surface area (Å²) in [4.78, 5) is 27.0. The lowest BCUT2D eigenvalue weighted by Gasteiger charge is -2.30. The normalized spacial score (nSPS) is 11.5. The molecule has 5 nitrogen and oxygen atoms in total. The molecule has 0 aliphatic carbocycles. The molecule has 0 heterocycles. The molecule has 3 rings (SSSR count). The van der Waals surface area contributed by atoms with E-state index in [0.717, 1.165) is 18.1 Å². The fourth-order valence-corrected chi connectivity index (χ4v) is 3.43. The van der Waals surface area contributed by atoms with Gasteiger partial charge in [-0.3, -0.25) is 4.79 Å². The van der Waals surface area contributed by atoms with Crippen molar-refractivity contribution in [3.05, 3.63) is 95.6 Å². The zero-order valence-electron chi connectivity index (χ0n) is 18.6. The van der Waals surface area contributed by atoms with Gasteiger partial charge in [0.15, 0.2) is 0 Å². The van der Waals surface area contributed by atoms with Gasteiger partial charge in [0.1, 0.15) is 11.6 Å². The quantitative estimate of drug-likeness (QED) is 0.431. The SMILES string of the molecule is CCc1ccc(NC(=O)CCN(C(=O)Nc2ccc(F)cc2F)C(C)c2ccccc2)cc1. The minimum Gasteiger partial charge on any atom is -0.326 e. The lowest BCUT2D eigenvalue weighted by molar-refractivity contribution is -0.116. The number of urea groups is 1. The third-order valence-electron chi connectivity index (χ3n) is 5.41. The number of aryl methyl sites for hydroxylation is 1. The first kappa shape index (κ1) is 23.9. The third kappa shape index (κ3) is 6.62. The zero-order chi connectivity index (χ0) is 23.8.